The van der Waals surface area contributed by atoms with Gasteiger partial charge in [-0.25, -0.2) is 8.78 Å². The van der Waals surface area contributed by atoms with Crippen LogP contribution < -0.4 is 0 Å². The number of carbonyl (C=O) groups excluding carboxylic acids is 1. The summed E-state index contributed by atoms with van der Waals surface area (Å²) in [5, 5.41) is 0. The van der Waals surface area contributed by atoms with Gasteiger partial charge >= 0.3 is 0 Å². The van der Waals surface area contributed by atoms with Crippen LogP contribution >= 0.6 is 0 Å². The second kappa shape index (κ2) is 4.92. The van der Waals surface area contributed by atoms with Gasteiger partial charge in [0.05, 0.1) is 12.7 Å². The van der Waals surface area contributed by atoms with Gasteiger partial charge in [0.1, 0.15) is 17.4 Å². The summed E-state index contributed by atoms with van der Waals surface area (Å²) in [4.78, 5) is 11.9. The highest BCUT2D eigenvalue weighted by molar-refractivity contribution is 5.83. The third-order valence-corrected chi connectivity index (χ3v) is 3.03. The lowest BCUT2D eigenvalue weighted by atomic mass is 9.95. The zero-order valence-electron chi connectivity index (χ0n) is 9.58. The lowest BCUT2D eigenvalue weighted by molar-refractivity contribution is -0.122. The van der Waals surface area contributed by atoms with Crippen molar-refractivity contribution in [3.05, 3.63) is 35.4 Å². The van der Waals surface area contributed by atoms with E-state index in [9.17, 15) is 13.6 Å². The molecule has 0 bridgehead atoms. The molecule has 0 saturated carbocycles. The number of ketones is 1. The van der Waals surface area contributed by atoms with Crippen LogP contribution in [0.4, 0.5) is 8.78 Å². The molecule has 1 heterocycles. The largest absolute Gasteiger partial charge is 0.378 e. The van der Waals surface area contributed by atoms with Crippen molar-refractivity contribution in [3.8, 4) is 0 Å². The first-order chi connectivity index (χ1) is 8.06. The summed E-state index contributed by atoms with van der Waals surface area (Å²) in [6.45, 7) is 2.31. The lowest BCUT2D eigenvalue weighted by Crippen LogP contribution is -2.17. The quantitative estimate of drug-likeness (QED) is 0.811. The molecule has 2 nitrogen and oxygen atoms in total. The zero-order valence-corrected chi connectivity index (χ0v) is 9.58. The molecule has 1 aliphatic heterocycles. The Morgan fingerprint density at radius 1 is 1.47 bits per heavy atom. The van der Waals surface area contributed by atoms with Crippen molar-refractivity contribution >= 4 is 5.78 Å². The Bertz CT molecular complexity index is 431. The minimum absolute atomic E-state index is 0.00681. The van der Waals surface area contributed by atoms with E-state index < -0.39 is 11.6 Å². The molecule has 0 N–H and O–H groups in total. The Hall–Kier alpha value is -1.29. The van der Waals surface area contributed by atoms with Gasteiger partial charge in [-0.05, 0) is 25.0 Å². The van der Waals surface area contributed by atoms with Crippen molar-refractivity contribution in [2.45, 2.75) is 25.9 Å². The maximum atomic E-state index is 13.4. The monoisotopic (exact) mass is 240 g/mol. The maximum Gasteiger partial charge on any atom is 0.142 e. The SMILES string of the molecule is CC1CC(C(=O)Cc2ccc(F)cc2F)CO1. The van der Waals surface area contributed by atoms with Crippen LogP contribution in [0.1, 0.15) is 18.9 Å². The molecule has 2 unspecified atom stereocenters. The number of ether oxygens (including phenoxy) is 1. The fourth-order valence-corrected chi connectivity index (χ4v) is 2.04. The van der Waals surface area contributed by atoms with Gasteiger partial charge in [0, 0.05) is 18.4 Å². The molecule has 2 atom stereocenters. The van der Waals surface area contributed by atoms with E-state index in [1.165, 1.54) is 12.1 Å². The minimum Gasteiger partial charge on any atom is -0.378 e. The normalized spacial score (nSPS) is 23.9. The van der Waals surface area contributed by atoms with Crippen LogP contribution in [-0.4, -0.2) is 18.5 Å². The topological polar surface area (TPSA) is 26.3 Å². The predicted molar refractivity (Wildman–Crippen MR) is 58.6 cm³/mol. The smallest absolute Gasteiger partial charge is 0.142 e. The summed E-state index contributed by atoms with van der Waals surface area (Å²) < 4.78 is 31.3. The third kappa shape index (κ3) is 2.88. The molecule has 1 aromatic rings. The van der Waals surface area contributed by atoms with E-state index >= 15 is 0 Å². The number of benzene rings is 1. The second-order valence-electron chi connectivity index (χ2n) is 4.46. The standard InChI is InChI=1S/C13H14F2O2/c1-8-4-10(7-17-8)13(16)5-9-2-3-11(14)6-12(9)15/h2-3,6,8,10H,4-5,7H2,1H3. The van der Waals surface area contributed by atoms with Crippen LogP contribution in [0.3, 0.4) is 0 Å². The Morgan fingerprint density at radius 2 is 2.24 bits per heavy atom. The molecule has 0 spiro atoms. The molecule has 2 rings (SSSR count). The molecule has 1 saturated heterocycles. The molecule has 1 fully saturated rings. The van der Waals surface area contributed by atoms with Crippen LogP contribution in [0.25, 0.3) is 0 Å². The molecule has 0 aliphatic carbocycles. The van der Waals surface area contributed by atoms with Gasteiger partial charge in [0.15, 0.2) is 0 Å². The van der Waals surface area contributed by atoms with Crippen LogP contribution in [0.15, 0.2) is 18.2 Å². The van der Waals surface area contributed by atoms with Gasteiger partial charge in [0.2, 0.25) is 0 Å². The molecule has 17 heavy (non-hydrogen) atoms. The summed E-state index contributed by atoms with van der Waals surface area (Å²) in [6, 6.07) is 3.29. The summed E-state index contributed by atoms with van der Waals surface area (Å²) in [5.41, 5.74) is 0.246. The summed E-state index contributed by atoms with van der Waals surface area (Å²) >= 11 is 0. The van der Waals surface area contributed by atoms with Crippen molar-refractivity contribution in [2.75, 3.05) is 6.61 Å². The van der Waals surface area contributed by atoms with E-state index in [2.05, 4.69) is 0 Å². The van der Waals surface area contributed by atoms with Crippen LogP contribution in [0, 0.1) is 17.6 Å². The van der Waals surface area contributed by atoms with E-state index in [1.54, 1.807) is 0 Å². The number of rotatable bonds is 3. The highest BCUT2D eigenvalue weighted by atomic mass is 19.1. The van der Waals surface area contributed by atoms with Crippen molar-refractivity contribution in [3.63, 3.8) is 0 Å². The molecular weight excluding hydrogens is 226 g/mol. The van der Waals surface area contributed by atoms with E-state index in [-0.39, 0.29) is 29.8 Å². The number of carbonyl (C=O) groups is 1. The first-order valence-electron chi connectivity index (χ1n) is 5.64. The fourth-order valence-electron chi connectivity index (χ4n) is 2.04. The van der Waals surface area contributed by atoms with Gasteiger partial charge in [-0.2, -0.15) is 0 Å². The van der Waals surface area contributed by atoms with Gasteiger partial charge in [-0.15, -0.1) is 0 Å². The van der Waals surface area contributed by atoms with Crippen LogP contribution in [0.2, 0.25) is 0 Å². The van der Waals surface area contributed by atoms with E-state index in [0.717, 1.165) is 6.07 Å². The molecular formula is C13H14F2O2. The number of hydrogen-bond acceptors (Lipinski definition) is 2. The molecule has 92 valence electrons. The number of hydrogen-bond donors (Lipinski definition) is 0. The Kier molecular flexibility index (Phi) is 3.52. The average molecular weight is 240 g/mol. The van der Waals surface area contributed by atoms with Crippen molar-refractivity contribution in [2.24, 2.45) is 5.92 Å². The molecule has 0 aromatic heterocycles. The lowest BCUT2D eigenvalue weighted by Gasteiger charge is -2.07. The Morgan fingerprint density at radius 3 is 2.82 bits per heavy atom. The Balaban J connectivity index is 2.03. The molecule has 1 aromatic carbocycles. The van der Waals surface area contributed by atoms with Crippen molar-refractivity contribution in [1.82, 2.24) is 0 Å². The predicted octanol–water partition coefficient (Wildman–Crippen LogP) is 2.50. The van der Waals surface area contributed by atoms with E-state index in [1.807, 2.05) is 6.92 Å². The van der Waals surface area contributed by atoms with Gasteiger partial charge in [0.25, 0.3) is 0 Å². The summed E-state index contributed by atoms with van der Waals surface area (Å²) in [5.74, 6) is -1.49. The molecule has 1 aliphatic rings. The first-order valence-corrected chi connectivity index (χ1v) is 5.64. The second-order valence-corrected chi connectivity index (χ2v) is 4.46. The highest BCUT2D eigenvalue weighted by Crippen LogP contribution is 2.22. The van der Waals surface area contributed by atoms with Crippen molar-refractivity contribution < 1.29 is 18.3 Å². The van der Waals surface area contributed by atoms with Gasteiger partial charge in [-0.3, -0.25) is 4.79 Å². The van der Waals surface area contributed by atoms with Crippen LogP contribution in [0.5, 0.6) is 0 Å². The highest BCUT2D eigenvalue weighted by Gasteiger charge is 2.28. The first kappa shape index (κ1) is 12.2. The van der Waals surface area contributed by atoms with Gasteiger partial charge < -0.3 is 4.74 Å². The van der Waals surface area contributed by atoms with Gasteiger partial charge in [-0.1, -0.05) is 6.07 Å². The van der Waals surface area contributed by atoms with Crippen LogP contribution in [-0.2, 0) is 16.0 Å². The number of halogens is 2. The molecule has 0 amide bonds. The minimum atomic E-state index is -0.662. The molecule has 4 heteroatoms. The average Bonchev–Trinajstić information content (AvgIpc) is 2.69. The maximum absolute atomic E-state index is 13.4. The zero-order chi connectivity index (χ0) is 12.4. The van der Waals surface area contributed by atoms with E-state index in [4.69, 9.17) is 4.74 Å². The summed E-state index contributed by atoms with van der Waals surface area (Å²) in [7, 11) is 0. The van der Waals surface area contributed by atoms with Crippen molar-refractivity contribution in [1.29, 1.82) is 0 Å². The third-order valence-electron chi connectivity index (χ3n) is 3.03. The summed E-state index contributed by atoms with van der Waals surface area (Å²) in [6.07, 6.45) is 0.774. The fraction of sp³-hybridized carbons (Fsp3) is 0.462. The van der Waals surface area contributed by atoms with E-state index in [0.29, 0.717) is 13.0 Å². The number of Topliss-reactive ketones (excluding diaryl/α,β-unsaturated/α-hetero) is 1. The molecule has 0 radical (unpaired) electrons. The Labute approximate surface area is 98.6 Å².